The number of amides is 1. The summed E-state index contributed by atoms with van der Waals surface area (Å²) in [4.78, 5) is 18.0. The maximum atomic E-state index is 12.6. The zero-order chi connectivity index (χ0) is 17.0. The van der Waals surface area contributed by atoms with E-state index in [1.807, 2.05) is 42.1 Å². The molecule has 0 saturated carbocycles. The molecule has 0 spiro atoms. The molecule has 1 saturated heterocycles. The minimum atomic E-state index is -0.515. The molecule has 0 aliphatic carbocycles. The number of aromatic nitrogens is 2. The Morgan fingerprint density at radius 2 is 2.08 bits per heavy atom. The fraction of sp³-hybridized carbons (Fsp3) is 0.412. The summed E-state index contributed by atoms with van der Waals surface area (Å²) in [6.07, 6.45) is 5.03. The largest absolute Gasteiger partial charge is 0.381 e. The van der Waals surface area contributed by atoms with Gasteiger partial charge in [0.25, 0.3) is 0 Å². The molecule has 3 N–H and O–H groups in total. The van der Waals surface area contributed by atoms with Crippen molar-refractivity contribution in [3.05, 3.63) is 36.7 Å². The van der Waals surface area contributed by atoms with E-state index < -0.39 is 5.41 Å². The third-order valence-corrected chi connectivity index (χ3v) is 5.50. The van der Waals surface area contributed by atoms with Gasteiger partial charge in [-0.3, -0.25) is 4.79 Å². The minimum absolute atomic E-state index is 0.0159. The molecular weight excluding hydrogens is 324 g/mol. The highest BCUT2D eigenvalue weighted by molar-refractivity contribution is 7.99. The van der Waals surface area contributed by atoms with Gasteiger partial charge >= 0.3 is 0 Å². The van der Waals surface area contributed by atoms with Crippen LogP contribution >= 0.6 is 11.8 Å². The van der Waals surface area contributed by atoms with Gasteiger partial charge < -0.3 is 20.4 Å². The smallest absolute Gasteiger partial charge is 0.232 e. The predicted octanol–water partition coefficient (Wildman–Crippen LogP) is 2.27. The molecule has 128 valence electrons. The first kappa shape index (κ1) is 17.0. The molecule has 6 nitrogen and oxygen atoms in total. The van der Waals surface area contributed by atoms with Crippen molar-refractivity contribution >= 4 is 23.4 Å². The molecule has 1 aromatic heterocycles. The molecule has 1 amide bonds. The summed E-state index contributed by atoms with van der Waals surface area (Å²) >= 11 is 1.58. The Bertz CT molecular complexity index is 693. The van der Waals surface area contributed by atoms with Crippen molar-refractivity contribution < 1.29 is 9.53 Å². The molecule has 7 heteroatoms. The highest BCUT2D eigenvalue weighted by Crippen LogP contribution is 2.31. The van der Waals surface area contributed by atoms with Gasteiger partial charge in [-0.2, -0.15) is 0 Å². The summed E-state index contributed by atoms with van der Waals surface area (Å²) in [6, 6.07) is 7.78. The number of nitrogens with one attached hydrogen (secondary N) is 1. The Morgan fingerprint density at radius 1 is 1.38 bits per heavy atom. The second-order valence-corrected chi connectivity index (χ2v) is 7.04. The van der Waals surface area contributed by atoms with E-state index in [1.54, 1.807) is 18.0 Å². The SMILES string of the molecule is Cn1ccnc1Sc1ccc(NC(=O)C2(CN)CCOCC2)cc1. The van der Waals surface area contributed by atoms with Gasteiger partial charge in [0.05, 0.1) is 5.41 Å². The molecule has 1 fully saturated rings. The Balaban J connectivity index is 1.65. The van der Waals surface area contributed by atoms with Crippen molar-refractivity contribution in [2.75, 3.05) is 25.1 Å². The van der Waals surface area contributed by atoms with Gasteiger partial charge in [-0.25, -0.2) is 4.98 Å². The minimum Gasteiger partial charge on any atom is -0.381 e. The quantitative estimate of drug-likeness (QED) is 0.868. The van der Waals surface area contributed by atoms with Crippen LogP contribution in [0.15, 0.2) is 46.7 Å². The van der Waals surface area contributed by atoms with Crippen molar-refractivity contribution in [2.45, 2.75) is 22.9 Å². The molecule has 0 bridgehead atoms. The maximum absolute atomic E-state index is 12.6. The van der Waals surface area contributed by atoms with Crippen LogP contribution in [0.2, 0.25) is 0 Å². The van der Waals surface area contributed by atoms with Gasteiger partial charge in [0.15, 0.2) is 5.16 Å². The molecule has 0 radical (unpaired) electrons. The fourth-order valence-electron chi connectivity index (χ4n) is 2.71. The number of hydrogen-bond acceptors (Lipinski definition) is 5. The van der Waals surface area contributed by atoms with E-state index >= 15 is 0 Å². The van der Waals surface area contributed by atoms with Gasteiger partial charge in [-0.15, -0.1) is 0 Å². The number of nitrogens with zero attached hydrogens (tertiary/aromatic N) is 2. The zero-order valence-corrected chi connectivity index (χ0v) is 14.5. The third kappa shape index (κ3) is 3.63. The van der Waals surface area contributed by atoms with Gasteiger partial charge in [0.2, 0.25) is 5.91 Å². The van der Waals surface area contributed by atoms with E-state index in [0.717, 1.165) is 15.7 Å². The van der Waals surface area contributed by atoms with E-state index in [1.165, 1.54) is 0 Å². The van der Waals surface area contributed by atoms with Crippen LogP contribution in [0.3, 0.4) is 0 Å². The van der Waals surface area contributed by atoms with Crippen LogP contribution in [0.4, 0.5) is 5.69 Å². The Labute approximate surface area is 145 Å². The average molecular weight is 346 g/mol. The van der Waals surface area contributed by atoms with Crippen LogP contribution in [0, 0.1) is 5.41 Å². The molecule has 2 heterocycles. The van der Waals surface area contributed by atoms with Gasteiger partial charge in [0.1, 0.15) is 0 Å². The number of rotatable bonds is 5. The number of anilines is 1. The van der Waals surface area contributed by atoms with Crippen molar-refractivity contribution in [2.24, 2.45) is 18.2 Å². The number of carbonyl (C=O) groups is 1. The molecule has 24 heavy (non-hydrogen) atoms. The predicted molar refractivity (Wildman–Crippen MR) is 93.9 cm³/mol. The number of imidazole rings is 1. The summed E-state index contributed by atoms with van der Waals surface area (Å²) < 4.78 is 7.32. The van der Waals surface area contributed by atoms with Crippen molar-refractivity contribution in [1.29, 1.82) is 0 Å². The number of aryl methyl sites for hydroxylation is 1. The Morgan fingerprint density at radius 3 is 2.67 bits per heavy atom. The highest BCUT2D eigenvalue weighted by atomic mass is 32.2. The fourth-order valence-corrected chi connectivity index (χ4v) is 3.51. The standard InChI is InChI=1S/C17H22N4O2S/c1-21-9-8-19-16(21)24-14-4-2-13(3-5-14)20-15(22)17(12-18)6-10-23-11-7-17/h2-5,8-9H,6-7,10-12,18H2,1H3,(H,20,22). The number of carbonyl (C=O) groups excluding carboxylic acids is 1. The molecular formula is C17H22N4O2S. The van der Waals surface area contributed by atoms with Crippen LogP contribution < -0.4 is 11.1 Å². The maximum Gasteiger partial charge on any atom is 0.232 e. The molecule has 2 aromatic rings. The molecule has 3 rings (SSSR count). The summed E-state index contributed by atoms with van der Waals surface area (Å²) in [6.45, 7) is 1.52. The summed E-state index contributed by atoms with van der Waals surface area (Å²) in [5, 5.41) is 3.92. The lowest BCUT2D eigenvalue weighted by atomic mass is 9.79. The lowest BCUT2D eigenvalue weighted by Gasteiger charge is -2.34. The van der Waals surface area contributed by atoms with E-state index in [-0.39, 0.29) is 5.91 Å². The van der Waals surface area contributed by atoms with Gasteiger partial charge in [0, 0.05) is 49.8 Å². The third-order valence-electron chi connectivity index (χ3n) is 4.42. The number of benzene rings is 1. The van der Waals surface area contributed by atoms with E-state index in [4.69, 9.17) is 10.5 Å². The van der Waals surface area contributed by atoms with Crippen LogP contribution in [0.1, 0.15) is 12.8 Å². The van der Waals surface area contributed by atoms with Crippen molar-refractivity contribution in [3.63, 3.8) is 0 Å². The first-order chi connectivity index (χ1) is 11.6. The Kier molecular flexibility index (Phi) is 5.23. The molecule has 0 atom stereocenters. The second kappa shape index (κ2) is 7.38. The van der Waals surface area contributed by atoms with Crippen LogP contribution in [-0.2, 0) is 16.6 Å². The monoisotopic (exact) mass is 346 g/mol. The topological polar surface area (TPSA) is 82.2 Å². The molecule has 0 unspecified atom stereocenters. The van der Waals surface area contributed by atoms with Crippen LogP contribution in [-0.4, -0.2) is 35.2 Å². The summed E-state index contributed by atoms with van der Waals surface area (Å²) in [5.74, 6) is -0.0159. The van der Waals surface area contributed by atoms with Crippen molar-refractivity contribution in [1.82, 2.24) is 9.55 Å². The normalized spacial score (nSPS) is 16.8. The lowest BCUT2D eigenvalue weighted by Crippen LogP contribution is -2.46. The highest BCUT2D eigenvalue weighted by Gasteiger charge is 2.38. The number of nitrogens with two attached hydrogens (primary N) is 1. The summed E-state index contributed by atoms with van der Waals surface area (Å²) in [5.41, 5.74) is 6.14. The van der Waals surface area contributed by atoms with Gasteiger partial charge in [-0.05, 0) is 37.1 Å². The first-order valence-corrected chi connectivity index (χ1v) is 8.79. The van der Waals surface area contributed by atoms with Crippen molar-refractivity contribution in [3.8, 4) is 0 Å². The van der Waals surface area contributed by atoms with E-state index in [9.17, 15) is 4.79 Å². The average Bonchev–Trinajstić information content (AvgIpc) is 3.02. The van der Waals surface area contributed by atoms with E-state index in [0.29, 0.717) is 32.6 Å². The van der Waals surface area contributed by atoms with E-state index in [2.05, 4.69) is 10.3 Å². The zero-order valence-electron chi connectivity index (χ0n) is 13.7. The molecule has 1 aliphatic heterocycles. The van der Waals surface area contributed by atoms with Crippen LogP contribution in [0.25, 0.3) is 0 Å². The first-order valence-electron chi connectivity index (χ1n) is 7.97. The van der Waals surface area contributed by atoms with Gasteiger partial charge in [-0.1, -0.05) is 11.8 Å². The molecule has 1 aromatic carbocycles. The number of hydrogen-bond donors (Lipinski definition) is 2. The second-order valence-electron chi connectivity index (χ2n) is 6.00. The van der Waals surface area contributed by atoms with Crippen LogP contribution in [0.5, 0.6) is 0 Å². The molecule has 1 aliphatic rings. The number of ether oxygens (including phenoxy) is 1. The lowest BCUT2D eigenvalue weighted by molar-refractivity contribution is -0.130. The summed E-state index contributed by atoms with van der Waals surface area (Å²) in [7, 11) is 1.96. The Hall–Kier alpha value is -1.83.